The first kappa shape index (κ1) is 8.36. The van der Waals surface area contributed by atoms with Crippen molar-refractivity contribution in [3.05, 3.63) is 35.9 Å². The van der Waals surface area contributed by atoms with E-state index in [0.717, 1.165) is 5.56 Å². The van der Waals surface area contributed by atoms with Crippen LogP contribution in [0.1, 0.15) is 24.0 Å². The number of rotatable bonds is 2. The van der Waals surface area contributed by atoms with Crippen molar-refractivity contribution in [2.45, 2.75) is 19.8 Å². The molecule has 1 N–H and O–H groups in total. The molecule has 1 aromatic rings. The zero-order valence-corrected chi connectivity index (χ0v) is 7.88. The summed E-state index contributed by atoms with van der Waals surface area (Å²) in [6, 6.07) is 5.71. The summed E-state index contributed by atoms with van der Waals surface area (Å²) in [6.45, 7) is 5.99. The minimum absolute atomic E-state index is 0.368. The van der Waals surface area contributed by atoms with Gasteiger partial charge in [0, 0.05) is 0 Å². The largest absolute Gasteiger partial charge is 0.508 e. The molecule has 13 heavy (non-hydrogen) atoms. The number of hydrogen-bond acceptors (Lipinski definition) is 1. The molecule has 1 aromatic carbocycles. The van der Waals surface area contributed by atoms with Gasteiger partial charge in [-0.25, -0.2) is 0 Å². The Bertz CT molecular complexity index is 348. The van der Waals surface area contributed by atoms with Crippen LogP contribution >= 0.6 is 0 Å². The quantitative estimate of drug-likeness (QED) is 0.730. The lowest BCUT2D eigenvalue weighted by atomic mass is 10.0. The van der Waals surface area contributed by atoms with Crippen molar-refractivity contribution in [2.75, 3.05) is 0 Å². The molecule has 1 saturated carbocycles. The van der Waals surface area contributed by atoms with Gasteiger partial charge in [-0.3, -0.25) is 0 Å². The second-order valence-electron chi connectivity index (χ2n) is 3.80. The van der Waals surface area contributed by atoms with E-state index in [9.17, 15) is 5.11 Å². The second kappa shape index (κ2) is 2.91. The van der Waals surface area contributed by atoms with Crippen LogP contribution in [-0.2, 0) is 0 Å². The summed E-state index contributed by atoms with van der Waals surface area (Å²) >= 11 is 0. The Morgan fingerprint density at radius 2 is 2.15 bits per heavy atom. The van der Waals surface area contributed by atoms with Crippen LogP contribution in [0.25, 0.3) is 5.57 Å². The first-order valence-electron chi connectivity index (χ1n) is 4.67. The van der Waals surface area contributed by atoms with Crippen molar-refractivity contribution in [3.8, 4) is 5.75 Å². The summed E-state index contributed by atoms with van der Waals surface area (Å²) < 4.78 is 0. The monoisotopic (exact) mass is 174 g/mol. The normalized spacial score (nSPS) is 15.8. The number of phenols is 1. The lowest BCUT2D eigenvalue weighted by molar-refractivity contribution is 0.471. The highest BCUT2D eigenvalue weighted by Gasteiger charge is 2.25. The molecule has 1 fully saturated rings. The van der Waals surface area contributed by atoms with Gasteiger partial charge >= 0.3 is 0 Å². The van der Waals surface area contributed by atoms with Gasteiger partial charge in [0.2, 0.25) is 0 Å². The Morgan fingerprint density at radius 3 is 2.69 bits per heavy atom. The fourth-order valence-electron chi connectivity index (χ4n) is 1.52. The van der Waals surface area contributed by atoms with Crippen LogP contribution in [0.4, 0.5) is 0 Å². The van der Waals surface area contributed by atoms with E-state index in [1.807, 2.05) is 19.1 Å². The van der Waals surface area contributed by atoms with Gasteiger partial charge in [0.05, 0.1) is 0 Å². The third-order valence-corrected chi connectivity index (χ3v) is 2.64. The van der Waals surface area contributed by atoms with E-state index in [1.54, 1.807) is 6.07 Å². The second-order valence-corrected chi connectivity index (χ2v) is 3.80. The van der Waals surface area contributed by atoms with Gasteiger partial charge < -0.3 is 5.11 Å². The molecule has 0 amide bonds. The molecule has 0 aliphatic heterocycles. The van der Waals surface area contributed by atoms with Gasteiger partial charge in [-0.05, 0) is 54.5 Å². The van der Waals surface area contributed by atoms with Crippen LogP contribution in [0.2, 0.25) is 0 Å². The van der Waals surface area contributed by atoms with Crippen LogP contribution in [-0.4, -0.2) is 5.11 Å². The SMILES string of the molecule is C=C(c1ccc(O)c(C)c1)C1CC1. The number of aromatic hydroxyl groups is 1. The lowest BCUT2D eigenvalue weighted by Gasteiger charge is -2.06. The number of aryl methyl sites for hydroxylation is 1. The molecule has 1 aliphatic carbocycles. The van der Waals surface area contributed by atoms with Crippen LogP contribution in [0, 0.1) is 12.8 Å². The lowest BCUT2D eigenvalue weighted by Crippen LogP contribution is -1.86. The highest BCUT2D eigenvalue weighted by molar-refractivity contribution is 5.68. The van der Waals surface area contributed by atoms with Gasteiger partial charge in [0.15, 0.2) is 0 Å². The number of benzene rings is 1. The van der Waals surface area contributed by atoms with E-state index >= 15 is 0 Å². The maximum atomic E-state index is 9.35. The minimum atomic E-state index is 0.368. The molecule has 1 heteroatoms. The van der Waals surface area contributed by atoms with E-state index in [4.69, 9.17) is 0 Å². The first-order chi connectivity index (χ1) is 6.18. The number of allylic oxidation sites excluding steroid dienone is 1. The van der Waals surface area contributed by atoms with Crippen LogP contribution in [0.5, 0.6) is 5.75 Å². The molecule has 0 unspecified atom stereocenters. The van der Waals surface area contributed by atoms with Gasteiger partial charge in [-0.2, -0.15) is 0 Å². The van der Waals surface area contributed by atoms with E-state index < -0.39 is 0 Å². The molecular weight excluding hydrogens is 160 g/mol. The summed E-state index contributed by atoms with van der Waals surface area (Å²) in [4.78, 5) is 0. The summed E-state index contributed by atoms with van der Waals surface area (Å²) in [5, 5.41) is 9.35. The molecule has 1 nitrogen and oxygen atoms in total. The highest BCUT2D eigenvalue weighted by Crippen LogP contribution is 2.41. The van der Waals surface area contributed by atoms with Crippen molar-refractivity contribution in [1.29, 1.82) is 0 Å². The summed E-state index contributed by atoms with van der Waals surface area (Å²) in [5.74, 6) is 1.07. The Balaban J connectivity index is 2.30. The molecule has 0 aromatic heterocycles. The number of hydrogen-bond donors (Lipinski definition) is 1. The summed E-state index contributed by atoms with van der Waals surface area (Å²) in [7, 11) is 0. The van der Waals surface area contributed by atoms with Gasteiger partial charge in [-0.15, -0.1) is 0 Å². The molecule has 0 atom stereocenters. The van der Waals surface area contributed by atoms with Crippen LogP contribution in [0.15, 0.2) is 24.8 Å². The van der Waals surface area contributed by atoms with Crippen molar-refractivity contribution in [2.24, 2.45) is 5.92 Å². The van der Waals surface area contributed by atoms with Gasteiger partial charge in [0.25, 0.3) is 0 Å². The standard InChI is InChI=1S/C12H14O/c1-8-7-11(5-6-12(8)13)9(2)10-3-4-10/h5-7,10,13H,2-4H2,1H3. The van der Waals surface area contributed by atoms with E-state index in [-0.39, 0.29) is 0 Å². The zero-order chi connectivity index (χ0) is 9.42. The zero-order valence-electron chi connectivity index (χ0n) is 7.88. The van der Waals surface area contributed by atoms with Crippen molar-refractivity contribution in [3.63, 3.8) is 0 Å². The third kappa shape index (κ3) is 1.59. The van der Waals surface area contributed by atoms with Crippen molar-refractivity contribution >= 4 is 5.57 Å². The molecule has 0 saturated heterocycles. The first-order valence-corrected chi connectivity index (χ1v) is 4.67. The van der Waals surface area contributed by atoms with Crippen LogP contribution in [0.3, 0.4) is 0 Å². The fourth-order valence-corrected chi connectivity index (χ4v) is 1.52. The maximum absolute atomic E-state index is 9.35. The molecule has 0 bridgehead atoms. The Kier molecular flexibility index (Phi) is 1.87. The Morgan fingerprint density at radius 1 is 1.46 bits per heavy atom. The minimum Gasteiger partial charge on any atom is -0.508 e. The Labute approximate surface area is 78.7 Å². The fraction of sp³-hybridized carbons (Fsp3) is 0.333. The van der Waals surface area contributed by atoms with E-state index in [2.05, 4.69) is 6.58 Å². The topological polar surface area (TPSA) is 20.2 Å². The third-order valence-electron chi connectivity index (χ3n) is 2.64. The molecule has 0 radical (unpaired) electrons. The predicted octanol–water partition coefficient (Wildman–Crippen LogP) is 3.12. The van der Waals surface area contributed by atoms with Gasteiger partial charge in [0.1, 0.15) is 5.75 Å². The predicted molar refractivity (Wildman–Crippen MR) is 54.6 cm³/mol. The average molecular weight is 174 g/mol. The van der Waals surface area contributed by atoms with Crippen molar-refractivity contribution in [1.82, 2.24) is 0 Å². The summed E-state index contributed by atoms with van der Waals surface area (Å²) in [5.41, 5.74) is 3.33. The van der Waals surface area contributed by atoms with E-state index in [0.29, 0.717) is 11.7 Å². The summed E-state index contributed by atoms with van der Waals surface area (Å²) in [6.07, 6.45) is 2.55. The van der Waals surface area contributed by atoms with E-state index in [1.165, 1.54) is 24.0 Å². The molecule has 0 heterocycles. The smallest absolute Gasteiger partial charge is 0.118 e. The molecule has 0 spiro atoms. The van der Waals surface area contributed by atoms with Crippen molar-refractivity contribution < 1.29 is 5.11 Å². The maximum Gasteiger partial charge on any atom is 0.118 e. The molecule has 68 valence electrons. The average Bonchev–Trinajstić information content (AvgIpc) is 2.91. The van der Waals surface area contributed by atoms with Gasteiger partial charge in [-0.1, -0.05) is 12.6 Å². The Hall–Kier alpha value is -1.24. The van der Waals surface area contributed by atoms with Crippen LogP contribution < -0.4 is 0 Å². The molecular formula is C12H14O. The number of phenolic OH excluding ortho intramolecular Hbond substituents is 1. The molecule has 1 aliphatic rings. The highest BCUT2D eigenvalue weighted by atomic mass is 16.3. The molecule has 2 rings (SSSR count).